The molecule has 2 heterocycles. The molecule has 4 atom stereocenters. The highest BCUT2D eigenvalue weighted by Gasteiger charge is 2.68. The van der Waals surface area contributed by atoms with Crippen LogP contribution in [-0.2, 0) is 19.1 Å². The summed E-state index contributed by atoms with van der Waals surface area (Å²) in [4.78, 5) is 25.2. The standard InChI is InChI=1S/C19H16O4/c1-19-14(15(22-18(19)21)12-8-4-2-5-9-12)17(20)23-16(19)13-10-6-3-7-11-13/h2-11,14-16H,1H3/t14-,15-,16+,19-/m1/s1. The molecule has 2 aromatic carbocycles. The number of benzene rings is 2. The van der Waals surface area contributed by atoms with E-state index >= 15 is 0 Å². The van der Waals surface area contributed by atoms with Gasteiger partial charge in [-0.05, 0) is 18.1 Å². The van der Waals surface area contributed by atoms with Gasteiger partial charge in [-0.25, -0.2) is 0 Å². The first-order valence-electron chi connectivity index (χ1n) is 7.64. The van der Waals surface area contributed by atoms with E-state index in [4.69, 9.17) is 9.47 Å². The first-order valence-corrected chi connectivity index (χ1v) is 7.64. The number of carbonyl (C=O) groups excluding carboxylic acids is 2. The minimum Gasteiger partial charge on any atom is -0.456 e. The van der Waals surface area contributed by atoms with E-state index < -0.39 is 23.5 Å². The second-order valence-electron chi connectivity index (χ2n) is 6.22. The average Bonchev–Trinajstić information content (AvgIpc) is 3.01. The van der Waals surface area contributed by atoms with E-state index in [-0.39, 0.29) is 11.9 Å². The number of carbonyl (C=O) groups is 2. The van der Waals surface area contributed by atoms with E-state index in [2.05, 4.69) is 0 Å². The van der Waals surface area contributed by atoms with Gasteiger partial charge in [0.25, 0.3) is 0 Å². The summed E-state index contributed by atoms with van der Waals surface area (Å²) >= 11 is 0. The van der Waals surface area contributed by atoms with Crippen LogP contribution in [0.3, 0.4) is 0 Å². The Morgan fingerprint density at radius 1 is 0.826 bits per heavy atom. The van der Waals surface area contributed by atoms with Gasteiger partial charge in [0.2, 0.25) is 0 Å². The number of rotatable bonds is 2. The maximum atomic E-state index is 12.6. The molecule has 0 aromatic heterocycles. The minimum atomic E-state index is -1.00. The third kappa shape index (κ3) is 1.91. The van der Waals surface area contributed by atoms with Crippen LogP contribution in [0, 0.1) is 11.3 Å². The van der Waals surface area contributed by atoms with Crippen molar-refractivity contribution in [3.63, 3.8) is 0 Å². The summed E-state index contributed by atoms with van der Waals surface area (Å²) in [5.74, 6) is -1.38. The van der Waals surface area contributed by atoms with Gasteiger partial charge >= 0.3 is 11.9 Å². The van der Waals surface area contributed by atoms with Crippen LogP contribution in [0.1, 0.15) is 30.3 Å². The lowest BCUT2D eigenvalue weighted by Crippen LogP contribution is -2.32. The summed E-state index contributed by atoms with van der Waals surface area (Å²) in [6.45, 7) is 1.77. The highest BCUT2D eigenvalue weighted by Crippen LogP contribution is 2.59. The van der Waals surface area contributed by atoms with Crippen molar-refractivity contribution >= 4 is 11.9 Å². The zero-order chi connectivity index (χ0) is 16.0. The third-order valence-electron chi connectivity index (χ3n) is 4.89. The van der Waals surface area contributed by atoms with Crippen molar-refractivity contribution in [1.29, 1.82) is 0 Å². The maximum Gasteiger partial charge on any atom is 0.317 e. The Morgan fingerprint density at radius 3 is 2.00 bits per heavy atom. The van der Waals surface area contributed by atoms with E-state index in [1.807, 2.05) is 60.7 Å². The Morgan fingerprint density at radius 2 is 1.39 bits per heavy atom. The summed E-state index contributed by atoms with van der Waals surface area (Å²) in [5, 5.41) is 0. The molecule has 4 rings (SSSR count). The van der Waals surface area contributed by atoms with Crippen molar-refractivity contribution in [2.24, 2.45) is 11.3 Å². The zero-order valence-electron chi connectivity index (χ0n) is 12.6. The van der Waals surface area contributed by atoms with Crippen LogP contribution in [-0.4, -0.2) is 11.9 Å². The number of esters is 2. The van der Waals surface area contributed by atoms with Crippen molar-refractivity contribution in [3.8, 4) is 0 Å². The molecule has 0 unspecified atom stereocenters. The van der Waals surface area contributed by atoms with Gasteiger partial charge < -0.3 is 9.47 Å². The molecule has 0 spiro atoms. The second kappa shape index (κ2) is 4.95. The molecule has 0 aliphatic carbocycles. The van der Waals surface area contributed by atoms with Crippen LogP contribution in [0.25, 0.3) is 0 Å². The van der Waals surface area contributed by atoms with Crippen molar-refractivity contribution in [3.05, 3.63) is 71.8 Å². The average molecular weight is 308 g/mol. The van der Waals surface area contributed by atoms with E-state index in [0.29, 0.717) is 0 Å². The van der Waals surface area contributed by atoms with Gasteiger partial charge in [-0.1, -0.05) is 60.7 Å². The van der Waals surface area contributed by atoms with Crippen molar-refractivity contribution in [2.45, 2.75) is 19.1 Å². The molecule has 4 nitrogen and oxygen atoms in total. The lowest BCUT2D eigenvalue weighted by molar-refractivity contribution is -0.158. The van der Waals surface area contributed by atoms with Gasteiger partial charge in [0.15, 0.2) is 0 Å². The molecule has 0 N–H and O–H groups in total. The topological polar surface area (TPSA) is 52.6 Å². The number of fused-ring (bicyclic) bond motifs is 1. The van der Waals surface area contributed by atoms with E-state index in [0.717, 1.165) is 11.1 Å². The summed E-state index contributed by atoms with van der Waals surface area (Å²) in [7, 11) is 0. The highest BCUT2D eigenvalue weighted by molar-refractivity contribution is 5.92. The molecule has 2 saturated heterocycles. The quantitative estimate of drug-likeness (QED) is 0.799. The Kier molecular flexibility index (Phi) is 3.01. The molecule has 0 bridgehead atoms. The van der Waals surface area contributed by atoms with Crippen molar-refractivity contribution in [2.75, 3.05) is 0 Å². The van der Waals surface area contributed by atoms with Crippen LogP contribution >= 0.6 is 0 Å². The van der Waals surface area contributed by atoms with Gasteiger partial charge in [0, 0.05) is 0 Å². The first-order chi connectivity index (χ1) is 11.1. The molecule has 2 aliphatic heterocycles. The molecular formula is C19H16O4. The molecule has 0 amide bonds. The van der Waals surface area contributed by atoms with Crippen molar-refractivity contribution < 1.29 is 19.1 Å². The Balaban J connectivity index is 1.79. The van der Waals surface area contributed by atoms with E-state index in [1.165, 1.54) is 0 Å². The largest absolute Gasteiger partial charge is 0.456 e. The lowest BCUT2D eigenvalue weighted by Gasteiger charge is -2.23. The van der Waals surface area contributed by atoms with Gasteiger partial charge in [-0.3, -0.25) is 9.59 Å². The number of ether oxygens (including phenoxy) is 2. The fourth-order valence-electron chi connectivity index (χ4n) is 3.65. The summed E-state index contributed by atoms with van der Waals surface area (Å²) < 4.78 is 11.2. The first kappa shape index (κ1) is 14.0. The molecule has 23 heavy (non-hydrogen) atoms. The van der Waals surface area contributed by atoms with Gasteiger partial charge in [0.1, 0.15) is 23.5 Å². The monoisotopic (exact) mass is 308 g/mol. The normalized spacial score (nSPS) is 32.3. The molecule has 2 fully saturated rings. The predicted octanol–water partition coefficient (Wildman–Crippen LogP) is 3.21. The van der Waals surface area contributed by atoms with Crippen LogP contribution in [0.15, 0.2) is 60.7 Å². The molecule has 116 valence electrons. The SMILES string of the molecule is C[C@@]12C(=O)O[C@H](c3ccccc3)[C@@H]1C(=O)O[C@H]2c1ccccc1. The van der Waals surface area contributed by atoms with Crippen LogP contribution in [0.5, 0.6) is 0 Å². The molecule has 0 radical (unpaired) electrons. The smallest absolute Gasteiger partial charge is 0.317 e. The fraction of sp³-hybridized carbons (Fsp3) is 0.263. The molecule has 0 saturated carbocycles. The van der Waals surface area contributed by atoms with Gasteiger partial charge in [-0.2, -0.15) is 0 Å². The van der Waals surface area contributed by atoms with Crippen LogP contribution < -0.4 is 0 Å². The number of hydrogen-bond acceptors (Lipinski definition) is 4. The Hall–Kier alpha value is -2.62. The Labute approximate surface area is 134 Å². The molecule has 2 aliphatic rings. The van der Waals surface area contributed by atoms with Gasteiger partial charge in [-0.15, -0.1) is 0 Å². The Bertz CT molecular complexity index is 755. The fourth-order valence-corrected chi connectivity index (χ4v) is 3.65. The summed E-state index contributed by atoms with van der Waals surface area (Å²) in [5.41, 5.74) is 0.635. The van der Waals surface area contributed by atoms with Crippen LogP contribution in [0.2, 0.25) is 0 Å². The summed E-state index contributed by atoms with van der Waals surface area (Å²) in [6, 6.07) is 18.7. The van der Waals surface area contributed by atoms with Crippen LogP contribution in [0.4, 0.5) is 0 Å². The van der Waals surface area contributed by atoms with E-state index in [9.17, 15) is 9.59 Å². The van der Waals surface area contributed by atoms with Crippen molar-refractivity contribution in [1.82, 2.24) is 0 Å². The second-order valence-corrected chi connectivity index (χ2v) is 6.22. The van der Waals surface area contributed by atoms with E-state index in [1.54, 1.807) is 6.92 Å². The number of hydrogen-bond donors (Lipinski definition) is 0. The lowest BCUT2D eigenvalue weighted by atomic mass is 9.72. The number of cyclic esters (lactones) is 2. The minimum absolute atomic E-state index is 0.374. The third-order valence-corrected chi connectivity index (χ3v) is 4.89. The molecular weight excluding hydrogens is 292 g/mol. The zero-order valence-corrected chi connectivity index (χ0v) is 12.6. The molecule has 2 aromatic rings. The predicted molar refractivity (Wildman–Crippen MR) is 82.1 cm³/mol. The summed E-state index contributed by atoms with van der Waals surface area (Å²) in [6.07, 6.45) is -1.20. The highest BCUT2D eigenvalue weighted by atomic mass is 16.6. The van der Waals surface area contributed by atoms with Gasteiger partial charge in [0.05, 0.1) is 0 Å². The maximum absolute atomic E-state index is 12.6. The molecule has 4 heteroatoms.